The number of nitrogens with two attached hydrogens (primary N) is 1. The standard InChI is InChI=1S/C13H18BrNO2/c1-13(2,3)7-10(12(16)17)9-6-8(14)4-5-11(9)15/h4-6,10H,7,15H2,1-3H3,(H,16,17). The van der Waals surface area contributed by atoms with Crippen molar-refractivity contribution in [2.24, 2.45) is 5.41 Å². The number of anilines is 1. The van der Waals surface area contributed by atoms with E-state index in [0.29, 0.717) is 17.7 Å². The molecule has 1 aromatic rings. The van der Waals surface area contributed by atoms with Gasteiger partial charge in [0.15, 0.2) is 0 Å². The number of aliphatic carboxylic acids is 1. The summed E-state index contributed by atoms with van der Waals surface area (Å²) in [6.45, 7) is 6.07. The van der Waals surface area contributed by atoms with Crippen LogP contribution in [0.4, 0.5) is 5.69 Å². The van der Waals surface area contributed by atoms with E-state index in [1.54, 1.807) is 12.1 Å². The molecule has 0 bridgehead atoms. The lowest BCUT2D eigenvalue weighted by molar-refractivity contribution is -0.139. The van der Waals surface area contributed by atoms with Crippen molar-refractivity contribution in [3.63, 3.8) is 0 Å². The average molecular weight is 300 g/mol. The van der Waals surface area contributed by atoms with E-state index >= 15 is 0 Å². The molecule has 3 nitrogen and oxygen atoms in total. The molecule has 0 spiro atoms. The molecule has 1 atom stereocenters. The molecule has 0 aliphatic rings. The molecule has 0 saturated carbocycles. The Morgan fingerprint density at radius 2 is 2.06 bits per heavy atom. The van der Waals surface area contributed by atoms with E-state index in [0.717, 1.165) is 4.47 Å². The topological polar surface area (TPSA) is 63.3 Å². The molecule has 0 aromatic heterocycles. The van der Waals surface area contributed by atoms with E-state index in [1.807, 2.05) is 26.8 Å². The molecule has 1 unspecified atom stereocenters. The van der Waals surface area contributed by atoms with Crippen LogP contribution in [-0.4, -0.2) is 11.1 Å². The fraction of sp³-hybridized carbons (Fsp3) is 0.462. The zero-order valence-electron chi connectivity index (χ0n) is 10.3. The molecule has 0 saturated heterocycles. The molecule has 0 heterocycles. The smallest absolute Gasteiger partial charge is 0.311 e. The third kappa shape index (κ3) is 4.04. The summed E-state index contributed by atoms with van der Waals surface area (Å²) in [6, 6.07) is 5.34. The third-order valence-electron chi connectivity index (χ3n) is 2.54. The van der Waals surface area contributed by atoms with Crippen LogP contribution in [-0.2, 0) is 4.79 Å². The Kier molecular flexibility index (Phi) is 4.20. The van der Waals surface area contributed by atoms with E-state index < -0.39 is 11.9 Å². The lowest BCUT2D eigenvalue weighted by Crippen LogP contribution is -2.20. The highest BCUT2D eigenvalue weighted by Gasteiger charge is 2.27. The van der Waals surface area contributed by atoms with Gasteiger partial charge in [0.2, 0.25) is 0 Å². The third-order valence-corrected chi connectivity index (χ3v) is 3.03. The molecule has 94 valence electrons. The second-order valence-electron chi connectivity index (χ2n) is 5.43. The zero-order valence-corrected chi connectivity index (χ0v) is 11.9. The van der Waals surface area contributed by atoms with Gasteiger partial charge < -0.3 is 10.8 Å². The van der Waals surface area contributed by atoms with Crippen molar-refractivity contribution >= 4 is 27.6 Å². The van der Waals surface area contributed by atoms with Crippen LogP contribution in [0.2, 0.25) is 0 Å². The predicted molar refractivity (Wildman–Crippen MR) is 73.0 cm³/mol. The maximum Gasteiger partial charge on any atom is 0.311 e. The van der Waals surface area contributed by atoms with E-state index in [2.05, 4.69) is 15.9 Å². The Morgan fingerprint density at radius 3 is 2.53 bits per heavy atom. The molecule has 0 aliphatic carbocycles. The number of hydrogen-bond acceptors (Lipinski definition) is 2. The molecule has 1 aromatic carbocycles. The number of carboxylic acids is 1. The lowest BCUT2D eigenvalue weighted by Gasteiger charge is -2.24. The van der Waals surface area contributed by atoms with Crippen molar-refractivity contribution < 1.29 is 9.90 Å². The number of nitrogen functional groups attached to an aromatic ring is 1. The highest BCUT2D eigenvalue weighted by Crippen LogP contribution is 2.35. The Bertz CT molecular complexity index is 424. The first-order valence-corrected chi connectivity index (χ1v) is 6.28. The molecule has 0 aliphatic heterocycles. The SMILES string of the molecule is CC(C)(C)CC(C(=O)O)c1cc(Br)ccc1N. The Labute approximate surface area is 110 Å². The fourth-order valence-electron chi connectivity index (χ4n) is 1.79. The summed E-state index contributed by atoms with van der Waals surface area (Å²) in [5.74, 6) is -1.39. The summed E-state index contributed by atoms with van der Waals surface area (Å²) in [7, 11) is 0. The monoisotopic (exact) mass is 299 g/mol. The van der Waals surface area contributed by atoms with E-state index in [-0.39, 0.29) is 5.41 Å². The Hall–Kier alpha value is -1.03. The minimum atomic E-state index is -0.829. The van der Waals surface area contributed by atoms with Gasteiger partial charge in [-0.15, -0.1) is 0 Å². The molecule has 4 heteroatoms. The number of halogens is 1. The summed E-state index contributed by atoms with van der Waals surface area (Å²) >= 11 is 3.34. The fourth-order valence-corrected chi connectivity index (χ4v) is 2.17. The van der Waals surface area contributed by atoms with Gasteiger partial charge in [-0.1, -0.05) is 36.7 Å². The number of carboxylic acid groups (broad SMARTS) is 1. The van der Waals surface area contributed by atoms with Crippen LogP contribution in [0.3, 0.4) is 0 Å². The molecule has 0 fully saturated rings. The van der Waals surface area contributed by atoms with Crippen LogP contribution in [0.1, 0.15) is 38.7 Å². The van der Waals surface area contributed by atoms with E-state index in [4.69, 9.17) is 5.73 Å². The summed E-state index contributed by atoms with van der Waals surface area (Å²) in [5, 5.41) is 9.33. The highest BCUT2D eigenvalue weighted by atomic mass is 79.9. The van der Waals surface area contributed by atoms with Crippen LogP contribution in [0.25, 0.3) is 0 Å². The van der Waals surface area contributed by atoms with Crippen molar-refractivity contribution in [2.45, 2.75) is 33.1 Å². The maximum absolute atomic E-state index is 11.4. The Morgan fingerprint density at radius 1 is 1.47 bits per heavy atom. The van der Waals surface area contributed by atoms with Crippen LogP contribution in [0.15, 0.2) is 22.7 Å². The van der Waals surface area contributed by atoms with Gasteiger partial charge in [0.1, 0.15) is 0 Å². The number of benzene rings is 1. The lowest BCUT2D eigenvalue weighted by atomic mass is 9.81. The van der Waals surface area contributed by atoms with Crippen molar-refractivity contribution in [3.8, 4) is 0 Å². The van der Waals surface area contributed by atoms with E-state index in [1.165, 1.54) is 0 Å². The number of carbonyl (C=O) groups is 1. The largest absolute Gasteiger partial charge is 0.481 e. The van der Waals surface area contributed by atoms with Crippen LogP contribution in [0, 0.1) is 5.41 Å². The van der Waals surface area contributed by atoms with Gasteiger partial charge in [-0.2, -0.15) is 0 Å². The van der Waals surface area contributed by atoms with Crippen LogP contribution >= 0.6 is 15.9 Å². The van der Waals surface area contributed by atoms with E-state index in [9.17, 15) is 9.90 Å². The van der Waals surface area contributed by atoms with Crippen molar-refractivity contribution in [1.29, 1.82) is 0 Å². The van der Waals surface area contributed by atoms with Crippen LogP contribution in [0.5, 0.6) is 0 Å². The molecule has 0 amide bonds. The summed E-state index contributed by atoms with van der Waals surface area (Å²) in [4.78, 5) is 11.4. The number of hydrogen-bond donors (Lipinski definition) is 2. The second-order valence-corrected chi connectivity index (χ2v) is 6.34. The molecular formula is C13H18BrNO2. The summed E-state index contributed by atoms with van der Waals surface area (Å²) in [5.41, 5.74) is 7.02. The first-order valence-electron chi connectivity index (χ1n) is 5.48. The number of rotatable bonds is 3. The van der Waals surface area contributed by atoms with Gasteiger partial charge in [-0.25, -0.2) is 0 Å². The van der Waals surface area contributed by atoms with Crippen molar-refractivity contribution in [3.05, 3.63) is 28.2 Å². The highest BCUT2D eigenvalue weighted by molar-refractivity contribution is 9.10. The quantitative estimate of drug-likeness (QED) is 0.838. The molecule has 1 rings (SSSR count). The van der Waals surface area contributed by atoms with Gasteiger partial charge in [0, 0.05) is 10.2 Å². The van der Waals surface area contributed by atoms with Gasteiger partial charge in [0.25, 0.3) is 0 Å². The Balaban J connectivity index is 3.14. The maximum atomic E-state index is 11.4. The minimum absolute atomic E-state index is 0.0577. The summed E-state index contributed by atoms with van der Waals surface area (Å²) < 4.78 is 0.849. The van der Waals surface area contributed by atoms with Crippen molar-refractivity contribution in [1.82, 2.24) is 0 Å². The van der Waals surface area contributed by atoms with Gasteiger partial charge >= 0.3 is 5.97 Å². The molecule has 3 N–H and O–H groups in total. The normalized spacial score (nSPS) is 13.4. The average Bonchev–Trinajstić information content (AvgIpc) is 2.17. The zero-order chi connectivity index (χ0) is 13.2. The second kappa shape index (κ2) is 5.08. The molecular weight excluding hydrogens is 282 g/mol. The van der Waals surface area contributed by atoms with Gasteiger partial charge in [-0.3, -0.25) is 4.79 Å². The predicted octanol–water partition coefficient (Wildman–Crippen LogP) is 3.64. The van der Waals surface area contributed by atoms with Gasteiger partial charge in [0.05, 0.1) is 5.92 Å². The van der Waals surface area contributed by atoms with Crippen molar-refractivity contribution in [2.75, 3.05) is 5.73 Å². The minimum Gasteiger partial charge on any atom is -0.481 e. The van der Waals surface area contributed by atoms with Gasteiger partial charge in [-0.05, 0) is 35.6 Å². The molecule has 17 heavy (non-hydrogen) atoms. The summed E-state index contributed by atoms with van der Waals surface area (Å²) in [6.07, 6.45) is 0.559. The first-order chi connectivity index (χ1) is 7.70. The first kappa shape index (κ1) is 14.0. The van der Waals surface area contributed by atoms with Crippen LogP contribution < -0.4 is 5.73 Å². The molecule has 0 radical (unpaired) electrons.